The molecule has 0 aliphatic heterocycles. The minimum Gasteiger partial charge on any atom is -0.504 e. The lowest BCUT2D eigenvalue weighted by Gasteiger charge is -2.10. The minimum atomic E-state index is -0.886. The van der Waals surface area contributed by atoms with E-state index in [0.29, 0.717) is 11.8 Å². The molecule has 0 bridgehead atoms. The first kappa shape index (κ1) is 15.2. The van der Waals surface area contributed by atoms with Gasteiger partial charge in [0.15, 0.2) is 28.7 Å². The van der Waals surface area contributed by atoms with Gasteiger partial charge < -0.3 is 24.8 Å². The molecule has 0 atom stereocenters. The summed E-state index contributed by atoms with van der Waals surface area (Å²) in [6.45, 7) is 0. The van der Waals surface area contributed by atoms with E-state index in [4.69, 9.17) is 9.47 Å². The lowest BCUT2D eigenvalue weighted by molar-refractivity contribution is 0.0728. The quantitative estimate of drug-likeness (QED) is 0.342. The lowest BCUT2D eigenvalue weighted by atomic mass is 10.2. The molecule has 0 heterocycles. The van der Waals surface area contributed by atoms with Crippen LogP contribution in [0, 0.1) is 0 Å². The molecule has 0 aliphatic carbocycles. The average Bonchev–Trinajstić information content (AvgIpc) is 2.52. The van der Waals surface area contributed by atoms with Crippen molar-refractivity contribution in [2.75, 3.05) is 7.11 Å². The number of rotatable bonds is 4. The number of phenols is 3. The van der Waals surface area contributed by atoms with Gasteiger partial charge in [-0.15, -0.1) is 0 Å². The molecule has 0 radical (unpaired) electrons. The summed E-state index contributed by atoms with van der Waals surface area (Å²) >= 11 is 0. The predicted octanol–water partition coefficient (Wildman–Crippen LogP) is 1.84. The molecule has 0 saturated heterocycles. The fraction of sp³-hybridized carbons (Fsp3) is 0.0667. The van der Waals surface area contributed by atoms with Gasteiger partial charge in [-0.05, 0) is 30.3 Å². The number of ether oxygens (including phenoxy) is 2. The molecule has 3 N–H and O–H groups in total. The number of carbonyl (C=O) groups excluding carboxylic acids is 2. The number of phenolic OH excluding ortho intramolecular Hbond substituents is 3. The maximum Gasteiger partial charge on any atom is 0.343 e. The van der Waals surface area contributed by atoms with Crippen molar-refractivity contribution in [1.82, 2.24) is 0 Å². The van der Waals surface area contributed by atoms with E-state index in [1.807, 2.05) is 0 Å². The van der Waals surface area contributed by atoms with Gasteiger partial charge in [-0.1, -0.05) is 0 Å². The molecule has 7 nitrogen and oxygen atoms in total. The summed E-state index contributed by atoms with van der Waals surface area (Å²) in [6.07, 6.45) is 0.615. The van der Waals surface area contributed by atoms with E-state index in [1.165, 1.54) is 25.3 Å². The Labute approximate surface area is 125 Å². The maximum absolute atomic E-state index is 12.0. The van der Waals surface area contributed by atoms with Gasteiger partial charge in [-0.2, -0.15) is 0 Å². The van der Waals surface area contributed by atoms with Crippen LogP contribution in [-0.2, 0) is 0 Å². The summed E-state index contributed by atoms with van der Waals surface area (Å²) in [4.78, 5) is 22.7. The van der Waals surface area contributed by atoms with Gasteiger partial charge in [0.2, 0.25) is 0 Å². The molecule has 0 spiro atoms. The molecular formula is C15H12O7. The van der Waals surface area contributed by atoms with E-state index >= 15 is 0 Å². The first-order valence-corrected chi connectivity index (χ1v) is 6.06. The van der Waals surface area contributed by atoms with Gasteiger partial charge in [0.05, 0.1) is 12.7 Å². The fourth-order valence-electron chi connectivity index (χ4n) is 1.72. The molecule has 2 rings (SSSR count). The first-order valence-electron chi connectivity index (χ1n) is 6.06. The van der Waals surface area contributed by atoms with Crippen LogP contribution in [0.1, 0.15) is 20.7 Å². The second kappa shape index (κ2) is 6.04. The first-order chi connectivity index (χ1) is 10.5. The number of hydrogen-bond donors (Lipinski definition) is 3. The third-order valence-corrected chi connectivity index (χ3v) is 2.83. The SMILES string of the molecule is COc1cc(C=O)ccc1OC(=O)c1cc(O)c(O)c(O)c1. The topological polar surface area (TPSA) is 113 Å². The van der Waals surface area contributed by atoms with E-state index in [1.54, 1.807) is 0 Å². The van der Waals surface area contributed by atoms with Gasteiger partial charge >= 0.3 is 5.97 Å². The molecule has 2 aromatic carbocycles. The van der Waals surface area contributed by atoms with Crippen LogP contribution in [0.25, 0.3) is 0 Å². The zero-order valence-electron chi connectivity index (χ0n) is 11.4. The zero-order valence-corrected chi connectivity index (χ0v) is 11.4. The highest BCUT2D eigenvalue weighted by Crippen LogP contribution is 2.36. The molecular weight excluding hydrogens is 292 g/mol. The van der Waals surface area contributed by atoms with Gasteiger partial charge in [-0.25, -0.2) is 4.79 Å². The number of aldehydes is 1. The molecule has 7 heteroatoms. The van der Waals surface area contributed by atoms with Crippen molar-refractivity contribution in [1.29, 1.82) is 0 Å². The van der Waals surface area contributed by atoms with Crippen LogP contribution >= 0.6 is 0 Å². The minimum absolute atomic E-state index is 0.0603. The smallest absolute Gasteiger partial charge is 0.343 e. The van der Waals surface area contributed by atoms with Gasteiger partial charge in [0.1, 0.15) is 6.29 Å². The van der Waals surface area contributed by atoms with Gasteiger partial charge in [0, 0.05) is 5.56 Å². The fourth-order valence-corrected chi connectivity index (χ4v) is 1.72. The molecule has 114 valence electrons. The van der Waals surface area contributed by atoms with Crippen LogP contribution in [0.15, 0.2) is 30.3 Å². The van der Waals surface area contributed by atoms with E-state index < -0.39 is 23.2 Å². The van der Waals surface area contributed by atoms with Crippen LogP contribution in [0.2, 0.25) is 0 Å². The highest BCUT2D eigenvalue weighted by Gasteiger charge is 2.17. The van der Waals surface area contributed by atoms with E-state index in [9.17, 15) is 24.9 Å². The molecule has 0 aromatic heterocycles. The molecule has 0 amide bonds. The Bertz CT molecular complexity index is 714. The highest BCUT2D eigenvalue weighted by molar-refractivity contribution is 5.93. The Morgan fingerprint density at radius 2 is 1.68 bits per heavy atom. The lowest BCUT2D eigenvalue weighted by Crippen LogP contribution is -2.09. The summed E-state index contributed by atoms with van der Waals surface area (Å²) < 4.78 is 10.1. The number of esters is 1. The molecule has 0 fully saturated rings. The Balaban J connectivity index is 2.31. The van der Waals surface area contributed by atoms with Crippen molar-refractivity contribution in [3.05, 3.63) is 41.5 Å². The predicted molar refractivity (Wildman–Crippen MR) is 74.8 cm³/mol. The normalized spacial score (nSPS) is 10.0. The van der Waals surface area contributed by atoms with Crippen molar-refractivity contribution in [3.63, 3.8) is 0 Å². The Hall–Kier alpha value is -3.22. The van der Waals surface area contributed by atoms with E-state index in [-0.39, 0.29) is 17.1 Å². The number of hydrogen-bond acceptors (Lipinski definition) is 7. The summed E-state index contributed by atoms with van der Waals surface area (Å²) in [7, 11) is 1.35. The van der Waals surface area contributed by atoms with Crippen LogP contribution in [0.5, 0.6) is 28.7 Å². The van der Waals surface area contributed by atoms with Crippen molar-refractivity contribution >= 4 is 12.3 Å². The van der Waals surface area contributed by atoms with Crippen molar-refractivity contribution in [2.24, 2.45) is 0 Å². The molecule has 0 saturated carbocycles. The molecule has 0 unspecified atom stereocenters. The number of benzene rings is 2. The van der Waals surface area contributed by atoms with Gasteiger partial charge in [0.25, 0.3) is 0 Å². The second-order valence-corrected chi connectivity index (χ2v) is 4.28. The Morgan fingerprint density at radius 3 is 2.23 bits per heavy atom. The summed E-state index contributed by atoms with van der Waals surface area (Å²) in [5.41, 5.74) is 0.172. The average molecular weight is 304 g/mol. The Kier molecular flexibility index (Phi) is 4.17. The zero-order chi connectivity index (χ0) is 16.3. The molecule has 0 aliphatic rings. The summed E-state index contributed by atoms with van der Waals surface area (Å²) in [5, 5.41) is 28.0. The number of aromatic hydroxyl groups is 3. The van der Waals surface area contributed by atoms with E-state index in [2.05, 4.69) is 0 Å². The van der Waals surface area contributed by atoms with Gasteiger partial charge in [-0.3, -0.25) is 4.79 Å². The Morgan fingerprint density at radius 1 is 1.05 bits per heavy atom. The number of methoxy groups -OCH3 is 1. The van der Waals surface area contributed by atoms with Crippen LogP contribution in [0.3, 0.4) is 0 Å². The van der Waals surface area contributed by atoms with Crippen molar-refractivity contribution < 1.29 is 34.4 Å². The van der Waals surface area contributed by atoms with Crippen molar-refractivity contribution in [2.45, 2.75) is 0 Å². The van der Waals surface area contributed by atoms with Crippen LogP contribution < -0.4 is 9.47 Å². The largest absolute Gasteiger partial charge is 0.504 e. The van der Waals surface area contributed by atoms with Crippen LogP contribution in [0.4, 0.5) is 0 Å². The molecule has 2 aromatic rings. The highest BCUT2D eigenvalue weighted by atomic mass is 16.6. The van der Waals surface area contributed by atoms with Crippen LogP contribution in [-0.4, -0.2) is 34.7 Å². The second-order valence-electron chi connectivity index (χ2n) is 4.28. The van der Waals surface area contributed by atoms with E-state index in [0.717, 1.165) is 12.1 Å². The third-order valence-electron chi connectivity index (χ3n) is 2.83. The number of carbonyl (C=O) groups is 2. The maximum atomic E-state index is 12.0. The molecule has 22 heavy (non-hydrogen) atoms. The summed E-state index contributed by atoms with van der Waals surface area (Å²) in [5.74, 6) is -2.70. The monoisotopic (exact) mass is 304 g/mol. The van der Waals surface area contributed by atoms with Crippen molar-refractivity contribution in [3.8, 4) is 28.7 Å². The standard InChI is InChI=1S/C15H12O7/c1-21-13-4-8(7-16)2-3-12(13)22-15(20)9-5-10(17)14(19)11(18)6-9/h2-7,17-19H,1H3. The summed E-state index contributed by atoms with van der Waals surface area (Å²) in [6, 6.07) is 6.10. The third kappa shape index (κ3) is 2.93.